The molecule has 2 nitrogen and oxygen atoms in total. The van der Waals surface area contributed by atoms with Crippen LogP contribution in [0.25, 0.3) is 0 Å². The molecule has 3 heteroatoms. The average molecular weight is 184 g/mol. The van der Waals surface area contributed by atoms with Gasteiger partial charge in [-0.15, -0.1) is 0 Å². The second kappa shape index (κ2) is 5.45. The van der Waals surface area contributed by atoms with Crippen molar-refractivity contribution in [2.24, 2.45) is 5.92 Å². The first kappa shape index (κ1) is 9.88. The van der Waals surface area contributed by atoms with Crippen LogP contribution in [0.3, 0.4) is 0 Å². The van der Waals surface area contributed by atoms with Gasteiger partial charge >= 0.3 is 0 Å². The standard InChI is InChI=1S/C9H16N2S/c10-8-9-2-5-11(6-3-9)4-1-7-12/h9,12H,1-7H2. The van der Waals surface area contributed by atoms with E-state index in [2.05, 4.69) is 23.6 Å². The van der Waals surface area contributed by atoms with Crippen LogP contribution in [0.15, 0.2) is 0 Å². The maximum Gasteiger partial charge on any atom is 0.0656 e. The maximum atomic E-state index is 8.67. The van der Waals surface area contributed by atoms with Crippen LogP contribution < -0.4 is 0 Å². The quantitative estimate of drug-likeness (QED) is 0.674. The van der Waals surface area contributed by atoms with Crippen molar-refractivity contribution in [2.75, 3.05) is 25.4 Å². The Hall–Kier alpha value is -0.200. The van der Waals surface area contributed by atoms with Gasteiger partial charge in [-0.05, 0) is 44.6 Å². The molecule has 0 bridgehead atoms. The van der Waals surface area contributed by atoms with Crippen LogP contribution in [0, 0.1) is 17.2 Å². The predicted octanol–water partition coefficient (Wildman–Crippen LogP) is 1.54. The Bertz CT molecular complexity index is 156. The number of nitriles is 1. The Morgan fingerprint density at radius 1 is 1.42 bits per heavy atom. The van der Waals surface area contributed by atoms with E-state index in [4.69, 9.17) is 5.26 Å². The minimum Gasteiger partial charge on any atom is -0.303 e. The lowest BCUT2D eigenvalue weighted by atomic mass is 9.99. The first-order valence-electron chi connectivity index (χ1n) is 4.59. The monoisotopic (exact) mass is 184 g/mol. The second-order valence-corrected chi connectivity index (χ2v) is 3.77. The van der Waals surface area contributed by atoms with E-state index in [0.717, 1.165) is 38.2 Å². The molecule has 12 heavy (non-hydrogen) atoms. The maximum absolute atomic E-state index is 8.67. The van der Waals surface area contributed by atoms with Crippen molar-refractivity contribution >= 4 is 12.6 Å². The molecule has 0 aliphatic carbocycles. The topological polar surface area (TPSA) is 27.0 Å². The summed E-state index contributed by atoms with van der Waals surface area (Å²) in [6.07, 6.45) is 3.28. The van der Waals surface area contributed by atoms with Gasteiger partial charge in [0, 0.05) is 5.92 Å². The molecule has 0 spiro atoms. The molecule has 0 atom stereocenters. The summed E-state index contributed by atoms with van der Waals surface area (Å²) in [5, 5.41) is 8.67. The zero-order valence-electron chi connectivity index (χ0n) is 7.37. The molecule has 1 saturated heterocycles. The van der Waals surface area contributed by atoms with Crippen LogP contribution >= 0.6 is 12.6 Å². The highest BCUT2D eigenvalue weighted by Gasteiger charge is 2.17. The van der Waals surface area contributed by atoms with Crippen molar-refractivity contribution in [3.8, 4) is 6.07 Å². The number of rotatable bonds is 3. The summed E-state index contributed by atoms with van der Waals surface area (Å²) in [6.45, 7) is 3.36. The summed E-state index contributed by atoms with van der Waals surface area (Å²) < 4.78 is 0. The fourth-order valence-electron chi connectivity index (χ4n) is 1.58. The van der Waals surface area contributed by atoms with Crippen LogP contribution in [-0.4, -0.2) is 30.3 Å². The van der Waals surface area contributed by atoms with E-state index in [1.54, 1.807) is 0 Å². The summed E-state index contributed by atoms with van der Waals surface area (Å²) >= 11 is 4.18. The lowest BCUT2D eigenvalue weighted by Gasteiger charge is -2.28. The van der Waals surface area contributed by atoms with Crippen molar-refractivity contribution in [1.82, 2.24) is 4.90 Å². The minimum absolute atomic E-state index is 0.317. The number of hydrogen-bond donors (Lipinski definition) is 1. The van der Waals surface area contributed by atoms with Gasteiger partial charge < -0.3 is 4.90 Å². The second-order valence-electron chi connectivity index (χ2n) is 3.32. The van der Waals surface area contributed by atoms with Crippen LogP contribution in [0.4, 0.5) is 0 Å². The van der Waals surface area contributed by atoms with Crippen LogP contribution in [0.2, 0.25) is 0 Å². The summed E-state index contributed by atoms with van der Waals surface area (Å²) in [6, 6.07) is 2.34. The van der Waals surface area contributed by atoms with E-state index in [9.17, 15) is 0 Å². The fraction of sp³-hybridized carbons (Fsp3) is 0.889. The summed E-state index contributed by atoms with van der Waals surface area (Å²) in [4.78, 5) is 2.43. The van der Waals surface area contributed by atoms with Crippen LogP contribution in [0.5, 0.6) is 0 Å². The number of likely N-dealkylation sites (tertiary alicyclic amines) is 1. The normalized spacial score (nSPS) is 20.7. The van der Waals surface area contributed by atoms with E-state index in [0.29, 0.717) is 5.92 Å². The summed E-state index contributed by atoms with van der Waals surface area (Å²) in [5.74, 6) is 1.29. The lowest BCUT2D eigenvalue weighted by Crippen LogP contribution is -2.34. The molecule has 0 aromatic heterocycles. The largest absolute Gasteiger partial charge is 0.303 e. The molecule has 68 valence electrons. The highest BCUT2D eigenvalue weighted by molar-refractivity contribution is 7.80. The van der Waals surface area contributed by atoms with E-state index < -0.39 is 0 Å². The molecule has 0 aromatic carbocycles. The Labute approximate surface area is 80.0 Å². The average Bonchev–Trinajstić information content (AvgIpc) is 2.15. The zero-order chi connectivity index (χ0) is 8.81. The predicted molar refractivity (Wildman–Crippen MR) is 53.2 cm³/mol. The van der Waals surface area contributed by atoms with Gasteiger partial charge in [-0.2, -0.15) is 17.9 Å². The molecule has 0 amide bonds. The highest BCUT2D eigenvalue weighted by atomic mass is 32.1. The Morgan fingerprint density at radius 2 is 2.08 bits per heavy atom. The Kier molecular flexibility index (Phi) is 4.49. The molecular formula is C9H16N2S. The van der Waals surface area contributed by atoms with Gasteiger partial charge in [0.25, 0.3) is 0 Å². The Morgan fingerprint density at radius 3 is 2.58 bits per heavy atom. The molecule has 0 aromatic rings. The van der Waals surface area contributed by atoms with Crippen molar-refractivity contribution < 1.29 is 0 Å². The SMILES string of the molecule is N#CC1CCN(CCCS)CC1. The third-order valence-electron chi connectivity index (χ3n) is 2.40. The number of nitrogens with zero attached hydrogens (tertiary/aromatic N) is 2. The van der Waals surface area contributed by atoms with Crippen molar-refractivity contribution in [3.63, 3.8) is 0 Å². The molecule has 1 fully saturated rings. The molecule has 0 saturated carbocycles. The molecule has 0 unspecified atom stereocenters. The van der Waals surface area contributed by atoms with E-state index in [1.807, 2.05) is 0 Å². The molecule has 1 aliphatic heterocycles. The van der Waals surface area contributed by atoms with E-state index >= 15 is 0 Å². The van der Waals surface area contributed by atoms with Crippen molar-refractivity contribution in [3.05, 3.63) is 0 Å². The number of hydrogen-bond acceptors (Lipinski definition) is 3. The summed E-state index contributed by atoms with van der Waals surface area (Å²) in [7, 11) is 0. The first-order valence-corrected chi connectivity index (χ1v) is 5.23. The van der Waals surface area contributed by atoms with Gasteiger partial charge in [-0.1, -0.05) is 0 Å². The molecule has 1 heterocycles. The fourth-order valence-corrected chi connectivity index (χ4v) is 1.72. The molecular weight excluding hydrogens is 168 g/mol. The van der Waals surface area contributed by atoms with Gasteiger partial charge in [0.1, 0.15) is 0 Å². The molecule has 1 aliphatic rings. The third-order valence-corrected chi connectivity index (χ3v) is 2.72. The first-order chi connectivity index (χ1) is 5.86. The minimum atomic E-state index is 0.317. The van der Waals surface area contributed by atoms with Crippen LogP contribution in [-0.2, 0) is 0 Å². The molecule has 0 N–H and O–H groups in total. The van der Waals surface area contributed by atoms with E-state index in [1.165, 1.54) is 6.42 Å². The van der Waals surface area contributed by atoms with Gasteiger partial charge in [-0.3, -0.25) is 0 Å². The van der Waals surface area contributed by atoms with Gasteiger partial charge in [0.2, 0.25) is 0 Å². The molecule has 0 radical (unpaired) electrons. The highest BCUT2D eigenvalue weighted by Crippen LogP contribution is 2.15. The number of piperidine rings is 1. The van der Waals surface area contributed by atoms with Crippen molar-refractivity contribution in [2.45, 2.75) is 19.3 Å². The number of thiol groups is 1. The summed E-state index contributed by atoms with van der Waals surface area (Å²) in [5.41, 5.74) is 0. The van der Waals surface area contributed by atoms with Crippen LogP contribution in [0.1, 0.15) is 19.3 Å². The van der Waals surface area contributed by atoms with Crippen molar-refractivity contribution in [1.29, 1.82) is 5.26 Å². The molecule has 1 rings (SSSR count). The van der Waals surface area contributed by atoms with Gasteiger partial charge in [-0.25, -0.2) is 0 Å². The Balaban J connectivity index is 2.14. The lowest BCUT2D eigenvalue weighted by molar-refractivity contribution is 0.206. The van der Waals surface area contributed by atoms with E-state index in [-0.39, 0.29) is 0 Å². The van der Waals surface area contributed by atoms with Gasteiger partial charge in [0.05, 0.1) is 6.07 Å². The van der Waals surface area contributed by atoms with Gasteiger partial charge in [0.15, 0.2) is 0 Å². The zero-order valence-corrected chi connectivity index (χ0v) is 8.26. The smallest absolute Gasteiger partial charge is 0.0656 e. The third kappa shape index (κ3) is 3.04.